The van der Waals surface area contributed by atoms with Crippen LogP contribution >= 0.6 is 15.6 Å². The lowest BCUT2D eigenvalue weighted by Crippen LogP contribution is -2.30. The van der Waals surface area contributed by atoms with Gasteiger partial charge in [0.05, 0.1) is 26.4 Å². The Kier molecular flexibility index (Phi) is 67.1. The Morgan fingerprint density at radius 1 is 0.258 bits per heavy atom. The smallest absolute Gasteiger partial charge is 0.462 e. The third-order valence-corrected chi connectivity index (χ3v) is 19.3. The Labute approximate surface area is 568 Å². The molecular formula is C74H144O17P2. The number of unbranched alkanes of at least 4 members (excludes halogenated alkanes) is 49. The highest BCUT2D eigenvalue weighted by Gasteiger charge is 2.30. The lowest BCUT2D eigenvalue weighted by Gasteiger charge is -2.21. The second-order valence-electron chi connectivity index (χ2n) is 26.7. The maximum atomic E-state index is 13.1. The van der Waals surface area contributed by atoms with E-state index < -0.39 is 97.5 Å². The summed E-state index contributed by atoms with van der Waals surface area (Å²) < 4.78 is 68.4. The van der Waals surface area contributed by atoms with Crippen molar-refractivity contribution >= 4 is 39.5 Å². The molecule has 0 aliphatic heterocycles. The van der Waals surface area contributed by atoms with E-state index in [0.29, 0.717) is 25.7 Å². The normalized spacial score (nSPS) is 13.9. The third kappa shape index (κ3) is 68.4. The number of aliphatic hydroxyl groups is 1. The first-order valence-electron chi connectivity index (χ1n) is 38.8. The van der Waals surface area contributed by atoms with E-state index in [-0.39, 0.29) is 25.7 Å². The number of aliphatic hydroxyl groups excluding tert-OH is 1. The molecule has 0 aromatic rings. The van der Waals surface area contributed by atoms with Crippen LogP contribution < -0.4 is 0 Å². The van der Waals surface area contributed by atoms with Gasteiger partial charge in [-0.1, -0.05) is 342 Å². The first kappa shape index (κ1) is 91.1. The van der Waals surface area contributed by atoms with Gasteiger partial charge >= 0.3 is 39.5 Å². The van der Waals surface area contributed by atoms with E-state index in [1.165, 1.54) is 225 Å². The van der Waals surface area contributed by atoms with Gasteiger partial charge in [0.15, 0.2) is 12.2 Å². The largest absolute Gasteiger partial charge is 0.472 e. The molecule has 0 aliphatic carbocycles. The summed E-state index contributed by atoms with van der Waals surface area (Å²) in [6.07, 6.45) is 58.3. The zero-order valence-corrected chi connectivity index (χ0v) is 62.0. The van der Waals surface area contributed by atoms with Gasteiger partial charge in [-0.25, -0.2) is 9.13 Å². The highest BCUT2D eigenvalue weighted by atomic mass is 31.2. The maximum Gasteiger partial charge on any atom is 0.472 e. The van der Waals surface area contributed by atoms with Gasteiger partial charge in [-0.3, -0.25) is 37.3 Å². The first-order chi connectivity index (χ1) is 45.2. The molecule has 0 aromatic carbocycles. The van der Waals surface area contributed by atoms with Crippen LogP contribution in [-0.4, -0.2) is 96.7 Å². The topological polar surface area (TPSA) is 237 Å². The maximum absolute atomic E-state index is 13.1. The fourth-order valence-corrected chi connectivity index (χ4v) is 13.0. The van der Waals surface area contributed by atoms with Crippen molar-refractivity contribution in [1.29, 1.82) is 0 Å². The molecule has 0 bridgehead atoms. The van der Waals surface area contributed by atoms with Crippen LogP contribution in [0.2, 0.25) is 0 Å². The van der Waals surface area contributed by atoms with Crippen molar-refractivity contribution in [3.63, 3.8) is 0 Å². The standard InChI is InChI=1S/C74H144O17P2/c1-5-9-13-17-21-25-28-30-31-32-33-34-35-36-37-38-41-45-49-53-57-61-74(79)91-70(65-85-72(77)59-55-51-47-43-40-29-26-22-18-14-10-6-2)67-89-93(82,83)87-63-68(75)62-86-92(80,81)88-66-69(64-84-71(76)58-54-50-46-42-24-20-16-12-8-4)90-73(78)60-56-52-48-44-39-27-23-19-15-11-7-3/h68-70,75H,5-67H2,1-4H3,(H,80,81)(H,82,83)/t68-,69+,70+/m0/s1. The average Bonchev–Trinajstić information content (AvgIpc) is 3.74. The minimum Gasteiger partial charge on any atom is -0.462 e. The van der Waals surface area contributed by atoms with Gasteiger partial charge in [-0.05, 0) is 25.7 Å². The minimum atomic E-state index is -4.95. The number of esters is 4. The number of ether oxygens (including phenoxy) is 4. The zero-order chi connectivity index (χ0) is 68.2. The molecule has 0 fully saturated rings. The van der Waals surface area contributed by atoms with E-state index in [1.807, 2.05) is 0 Å². The molecule has 3 N–H and O–H groups in total. The van der Waals surface area contributed by atoms with Crippen LogP contribution in [0.3, 0.4) is 0 Å². The summed E-state index contributed by atoms with van der Waals surface area (Å²) in [6, 6.07) is 0. The zero-order valence-electron chi connectivity index (χ0n) is 60.2. The number of carbonyl (C=O) groups is 4. The number of carbonyl (C=O) groups excluding carboxylic acids is 4. The molecule has 0 amide bonds. The molecule has 552 valence electrons. The molecular weight excluding hydrogens is 1220 g/mol. The van der Waals surface area contributed by atoms with E-state index in [1.54, 1.807) is 0 Å². The van der Waals surface area contributed by atoms with Crippen molar-refractivity contribution in [3.8, 4) is 0 Å². The number of phosphoric ester groups is 2. The molecule has 0 aromatic heterocycles. The van der Waals surface area contributed by atoms with Crippen LogP contribution in [0, 0.1) is 0 Å². The summed E-state index contributed by atoms with van der Waals surface area (Å²) in [6.45, 7) is 4.95. The Morgan fingerprint density at radius 2 is 0.430 bits per heavy atom. The van der Waals surface area contributed by atoms with Crippen molar-refractivity contribution in [3.05, 3.63) is 0 Å². The molecule has 2 unspecified atom stereocenters. The van der Waals surface area contributed by atoms with Crippen molar-refractivity contribution in [2.24, 2.45) is 0 Å². The second-order valence-corrected chi connectivity index (χ2v) is 29.6. The van der Waals surface area contributed by atoms with Gasteiger partial charge in [0.1, 0.15) is 19.3 Å². The molecule has 19 heteroatoms. The molecule has 17 nitrogen and oxygen atoms in total. The van der Waals surface area contributed by atoms with Crippen molar-refractivity contribution < 1.29 is 80.2 Å². The number of phosphoric acid groups is 2. The minimum absolute atomic E-state index is 0.107. The van der Waals surface area contributed by atoms with Crippen LogP contribution in [0.1, 0.15) is 394 Å². The molecule has 0 rings (SSSR count). The summed E-state index contributed by atoms with van der Waals surface area (Å²) >= 11 is 0. The average molecular weight is 1370 g/mol. The number of hydrogen-bond acceptors (Lipinski definition) is 15. The highest BCUT2D eigenvalue weighted by molar-refractivity contribution is 7.47. The van der Waals surface area contributed by atoms with Gasteiger partial charge < -0.3 is 33.8 Å². The van der Waals surface area contributed by atoms with Gasteiger partial charge in [0.2, 0.25) is 0 Å². The number of hydrogen-bond donors (Lipinski definition) is 3. The SMILES string of the molecule is CCCCCCCCCCCCCCCCCCCCCCCC(=O)O[C@H](COC(=O)CCCCCCCCCCCCCC)COP(=O)(O)OC[C@@H](O)COP(=O)(O)OC[C@@H](COC(=O)CCCCCCCCCCC)OC(=O)CCCCCCCCCCCCC. The fourth-order valence-electron chi connectivity index (χ4n) is 11.4. The monoisotopic (exact) mass is 1370 g/mol. The first-order valence-corrected chi connectivity index (χ1v) is 41.8. The summed E-state index contributed by atoms with van der Waals surface area (Å²) in [4.78, 5) is 72.6. The van der Waals surface area contributed by atoms with Crippen LogP contribution in [0.15, 0.2) is 0 Å². The molecule has 0 spiro atoms. The molecule has 5 atom stereocenters. The summed E-state index contributed by atoms with van der Waals surface area (Å²) in [7, 11) is -9.90. The quantitative estimate of drug-likeness (QED) is 0.0222. The third-order valence-electron chi connectivity index (χ3n) is 17.4. The lowest BCUT2D eigenvalue weighted by molar-refractivity contribution is -0.161. The van der Waals surface area contributed by atoms with E-state index in [0.717, 1.165) is 89.9 Å². The van der Waals surface area contributed by atoms with Crippen LogP contribution in [0.5, 0.6) is 0 Å². The molecule has 0 radical (unpaired) electrons. The fraction of sp³-hybridized carbons (Fsp3) is 0.946. The summed E-state index contributed by atoms with van der Waals surface area (Å²) in [5.74, 6) is -2.12. The second kappa shape index (κ2) is 68.6. The molecule has 0 heterocycles. The molecule has 0 saturated heterocycles. The van der Waals surface area contributed by atoms with Crippen molar-refractivity contribution in [2.75, 3.05) is 39.6 Å². The van der Waals surface area contributed by atoms with Crippen LogP contribution in [0.4, 0.5) is 0 Å². The Hall–Kier alpha value is -1.94. The summed E-state index contributed by atoms with van der Waals surface area (Å²) in [5.41, 5.74) is 0. The van der Waals surface area contributed by atoms with Gasteiger partial charge in [0.25, 0.3) is 0 Å². The van der Waals surface area contributed by atoms with E-state index >= 15 is 0 Å². The van der Waals surface area contributed by atoms with Gasteiger partial charge in [-0.15, -0.1) is 0 Å². The molecule has 0 aliphatic rings. The highest BCUT2D eigenvalue weighted by Crippen LogP contribution is 2.45. The number of rotatable bonds is 75. The van der Waals surface area contributed by atoms with E-state index in [2.05, 4.69) is 27.7 Å². The van der Waals surface area contributed by atoms with E-state index in [9.17, 15) is 43.2 Å². The molecule has 0 saturated carbocycles. The molecule has 93 heavy (non-hydrogen) atoms. The van der Waals surface area contributed by atoms with Gasteiger partial charge in [-0.2, -0.15) is 0 Å². The summed E-state index contributed by atoms with van der Waals surface area (Å²) in [5, 5.41) is 10.6. The Bertz CT molecular complexity index is 1770. The van der Waals surface area contributed by atoms with Crippen molar-refractivity contribution in [2.45, 2.75) is 412 Å². The Balaban J connectivity index is 5.16. The predicted molar refractivity (Wildman–Crippen MR) is 377 cm³/mol. The van der Waals surface area contributed by atoms with Gasteiger partial charge in [0, 0.05) is 25.7 Å². The van der Waals surface area contributed by atoms with Crippen LogP contribution in [-0.2, 0) is 65.4 Å². The lowest BCUT2D eigenvalue weighted by atomic mass is 10.0. The van der Waals surface area contributed by atoms with Crippen LogP contribution in [0.25, 0.3) is 0 Å². The Morgan fingerprint density at radius 3 is 0.634 bits per heavy atom. The van der Waals surface area contributed by atoms with E-state index in [4.69, 9.17) is 37.0 Å². The predicted octanol–water partition coefficient (Wildman–Crippen LogP) is 21.8. The van der Waals surface area contributed by atoms with Crippen molar-refractivity contribution in [1.82, 2.24) is 0 Å².